The van der Waals surface area contributed by atoms with Gasteiger partial charge in [0, 0.05) is 12.0 Å². The minimum atomic E-state index is -0.262. The molecule has 0 spiro atoms. The molecule has 0 aromatic carbocycles. The van der Waals surface area contributed by atoms with Gasteiger partial charge in [0.05, 0.1) is 12.4 Å². The van der Waals surface area contributed by atoms with Crippen LogP contribution in [0.1, 0.15) is 34.1 Å². The normalized spacial score (nSPS) is 14.2. The average molecular weight is 201 g/mol. The van der Waals surface area contributed by atoms with Crippen LogP contribution in [0, 0.1) is 5.92 Å². The SMILES string of the molecule is CC(C)NC(C/C=C/F)C(=O)C(C)C. The highest BCUT2D eigenvalue weighted by atomic mass is 19.1. The third-order valence-electron chi connectivity index (χ3n) is 1.91. The number of carbonyl (C=O) groups is 1. The summed E-state index contributed by atoms with van der Waals surface area (Å²) < 4.78 is 11.8. The first kappa shape index (κ1) is 13.3. The van der Waals surface area contributed by atoms with Crippen LogP contribution in [0.3, 0.4) is 0 Å². The maximum Gasteiger partial charge on any atom is 0.152 e. The van der Waals surface area contributed by atoms with Crippen molar-refractivity contribution in [3.05, 3.63) is 12.4 Å². The van der Waals surface area contributed by atoms with Gasteiger partial charge in [-0.3, -0.25) is 4.79 Å². The van der Waals surface area contributed by atoms with Crippen molar-refractivity contribution in [1.29, 1.82) is 0 Å². The molecule has 3 heteroatoms. The highest BCUT2D eigenvalue weighted by molar-refractivity contribution is 5.85. The molecule has 2 nitrogen and oxygen atoms in total. The fourth-order valence-corrected chi connectivity index (χ4v) is 1.26. The van der Waals surface area contributed by atoms with Gasteiger partial charge < -0.3 is 5.32 Å². The molecule has 0 amide bonds. The van der Waals surface area contributed by atoms with Crippen molar-refractivity contribution >= 4 is 5.78 Å². The summed E-state index contributed by atoms with van der Waals surface area (Å²) in [5.74, 6) is 0.121. The predicted octanol–water partition coefficient (Wildman–Crippen LogP) is 2.45. The van der Waals surface area contributed by atoms with Crippen LogP contribution in [-0.2, 0) is 4.79 Å². The Morgan fingerprint density at radius 3 is 2.29 bits per heavy atom. The molecular formula is C11H20FNO. The van der Waals surface area contributed by atoms with E-state index < -0.39 is 0 Å². The zero-order valence-electron chi connectivity index (χ0n) is 9.38. The highest BCUT2D eigenvalue weighted by Gasteiger charge is 2.20. The van der Waals surface area contributed by atoms with Crippen molar-refractivity contribution in [2.75, 3.05) is 0 Å². The number of nitrogens with one attached hydrogen (secondary N) is 1. The molecule has 0 aromatic rings. The summed E-state index contributed by atoms with van der Waals surface area (Å²) in [7, 11) is 0. The lowest BCUT2D eigenvalue weighted by atomic mass is 9.98. The lowest BCUT2D eigenvalue weighted by molar-refractivity contribution is -0.124. The summed E-state index contributed by atoms with van der Waals surface area (Å²) in [6.45, 7) is 7.66. The summed E-state index contributed by atoms with van der Waals surface area (Å²) in [5, 5.41) is 3.13. The van der Waals surface area contributed by atoms with Crippen LogP contribution in [-0.4, -0.2) is 17.9 Å². The van der Waals surface area contributed by atoms with E-state index in [2.05, 4.69) is 5.32 Å². The van der Waals surface area contributed by atoms with Gasteiger partial charge in [-0.25, -0.2) is 4.39 Å². The van der Waals surface area contributed by atoms with Gasteiger partial charge in [-0.05, 0) is 6.42 Å². The minimum Gasteiger partial charge on any atom is -0.305 e. The van der Waals surface area contributed by atoms with Crippen LogP contribution in [0.4, 0.5) is 4.39 Å². The molecule has 0 fully saturated rings. The summed E-state index contributed by atoms with van der Waals surface area (Å²) >= 11 is 0. The maximum atomic E-state index is 11.8. The molecule has 0 bridgehead atoms. The highest BCUT2D eigenvalue weighted by Crippen LogP contribution is 2.05. The van der Waals surface area contributed by atoms with Crippen molar-refractivity contribution in [2.45, 2.75) is 46.2 Å². The molecule has 0 aromatic heterocycles. The molecular weight excluding hydrogens is 181 g/mol. The van der Waals surface area contributed by atoms with E-state index in [0.717, 1.165) is 0 Å². The molecule has 0 radical (unpaired) electrons. The summed E-state index contributed by atoms with van der Waals surface area (Å²) in [6, 6.07) is -0.0299. The molecule has 1 atom stereocenters. The van der Waals surface area contributed by atoms with E-state index in [4.69, 9.17) is 0 Å². The lowest BCUT2D eigenvalue weighted by Gasteiger charge is -2.20. The van der Waals surface area contributed by atoms with Crippen molar-refractivity contribution in [3.63, 3.8) is 0 Å². The molecule has 0 heterocycles. The van der Waals surface area contributed by atoms with Crippen molar-refractivity contribution in [1.82, 2.24) is 5.32 Å². The van der Waals surface area contributed by atoms with Gasteiger partial charge in [0.25, 0.3) is 0 Å². The van der Waals surface area contributed by atoms with Crippen LogP contribution in [0.15, 0.2) is 12.4 Å². The van der Waals surface area contributed by atoms with E-state index in [9.17, 15) is 9.18 Å². The van der Waals surface area contributed by atoms with E-state index in [1.54, 1.807) is 0 Å². The molecule has 0 aliphatic rings. The summed E-state index contributed by atoms with van der Waals surface area (Å²) in [6.07, 6.45) is 2.29. The number of hydrogen-bond donors (Lipinski definition) is 1. The number of carbonyl (C=O) groups excluding carboxylic acids is 1. The topological polar surface area (TPSA) is 29.1 Å². The number of ketones is 1. The maximum absolute atomic E-state index is 11.8. The monoisotopic (exact) mass is 201 g/mol. The molecule has 0 saturated heterocycles. The second-order valence-corrected chi connectivity index (χ2v) is 4.03. The van der Waals surface area contributed by atoms with Crippen LogP contribution in [0.2, 0.25) is 0 Å². The van der Waals surface area contributed by atoms with Gasteiger partial charge in [0.1, 0.15) is 0 Å². The molecule has 1 N–H and O–H groups in total. The minimum absolute atomic E-state index is 0.0146. The zero-order chi connectivity index (χ0) is 11.1. The second-order valence-electron chi connectivity index (χ2n) is 4.03. The number of Topliss-reactive ketones (excluding diaryl/α,β-unsaturated/α-hetero) is 1. The third kappa shape index (κ3) is 5.12. The smallest absolute Gasteiger partial charge is 0.152 e. The Bertz CT molecular complexity index is 199. The molecule has 1 unspecified atom stereocenters. The van der Waals surface area contributed by atoms with E-state index in [1.165, 1.54) is 6.08 Å². The van der Waals surface area contributed by atoms with Gasteiger partial charge in [-0.1, -0.05) is 33.8 Å². The first-order valence-electron chi connectivity index (χ1n) is 5.04. The largest absolute Gasteiger partial charge is 0.305 e. The van der Waals surface area contributed by atoms with Crippen LogP contribution in [0.5, 0.6) is 0 Å². The Balaban J connectivity index is 4.30. The molecule has 0 aliphatic carbocycles. The summed E-state index contributed by atoms with van der Waals surface area (Å²) in [5.41, 5.74) is 0. The van der Waals surface area contributed by atoms with Crippen molar-refractivity contribution < 1.29 is 9.18 Å². The Hall–Kier alpha value is -0.700. The van der Waals surface area contributed by atoms with Gasteiger partial charge >= 0.3 is 0 Å². The van der Waals surface area contributed by atoms with Crippen molar-refractivity contribution in [3.8, 4) is 0 Å². The van der Waals surface area contributed by atoms with E-state index >= 15 is 0 Å². The lowest BCUT2D eigenvalue weighted by Crippen LogP contribution is -2.42. The standard InChI is InChI=1S/C11H20FNO/c1-8(2)11(14)10(6-5-7-12)13-9(3)4/h5,7-10,13H,6H2,1-4H3/b7-5+. The van der Waals surface area contributed by atoms with Gasteiger partial charge in [-0.15, -0.1) is 0 Å². The molecule has 14 heavy (non-hydrogen) atoms. The van der Waals surface area contributed by atoms with Gasteiger partial charge in [0.2, 0.25) is 0 Å². The van der Waals surface area contributed by atoms with Crippen LogP contribution >= 0.6 is 0 Å². The Kier molecular flexibility index (Phi) is 6.37. The van der Waals surface area contributed by atoms with Crippen LogP contribution in [0.25, 0.3) is 0 Å². The molecule has 0 aliphatic heterocycles. The Morgan fingerprint density at radius 1 is 1.36 bits per heavy atom. The predicted molar refractivity (Wildman–Crippen MR) is 56.8 cm³/mol. The quantitative estimate of drug-likeness (QED) is 0.715. The van der Waals surface area contributed by atoms with E-state index in [-0.39, 0.29) is 23.8 Å². The fraction of sp³-hybridized carbons (Fsp3) is 0.727. The Morgan fingerprint density at radius 2 is 1.93 bits per heavy atom. The van der Waals surface area contributed by atoms with E-state index in [0.29, 0.717) is 12.8 Å². The second kappa shape index (κ2) is 6.71. The molecule has 0 rings (SSSR count). The molecule has 82 valence electrons. The van der Waals surface area contributed by atoms with Crippen molar-refractivity contribution in [2.24, 2.45) is 5.92 Å². The summed E-state index contributed by atoms with van der Waals surface area (Å²) in [4.78, 5) is 11.7. The average Bonchev–Trinajstić information content (AvgIpc) is 2.10. The first-order valence-corrected chi connectivity index (χ1v) is 5.04. The van der Waals surface area contributed by atoms with Crippen LogP contribution < -0.4 is 5.32 Å². The molecule has 0 saturated carbocycles. The number of hydrogen-bond acceptors (Lipinski definition) is 2. The zero-order valence-corrected chi connectivity index (χ0v) is 9.38. The number of rotatable bonds is 6. The Labute approximate surface area is 85.6 Å². The number of halogens is 1. The third-order valence-corrected chi connectivity index (χ3v) is 1.91. The van der Waals surface area contributed by atoms with Gasteiger partial charge in [0.15, 0.2) is 5.78 Å². The fourth-order valence-electron chi connectivity index (χ4n) is 1.26. The van der Waals surface area contributed by atoms with E-state index in [1.807, 2.05) is 27.7 Å². The van der Waals surface area contributed by atoms with Gasteiger partial charge in [-0.2, -0.15) is 0 Å². The first-order chi connectivity index (χ1) is 6.49.